The first kappa shape index (κ1) is 49.3. The Balaban J connectivity index is 0.000000294. The van der Waals surface area contributed by atoms with Gasteiger partial charge in [0, 0.05) is 45.5 Å². The predicted octanol–water partition coefficient (Wildman–Crippen LogP) is 2.92. The van der Waals surface area contributed by atoms with Gasteiger partial charge in [0.25, 0.3) is 0 Å². The van der Waals surface area contributed by atoms with E-state index in [1.165, 1.54) is 7.11 Å². The van der Waals surface area contributed by atoms with E-state index in [4.69, 9.17) is 39.3 Å². The molecule has 4 aromatic carbocycles. The molecule has 2 saturated heterocycles. The molecule has 8 rings (SSSR count). The Bertz CT molecular complexity index is 2310. The van der Waals surface area contributed by atoms with E-state index >= 15 is 0 Å². The van der Waals surface area contributed by atoms with E-state index in [0.717, 1.165) is 85.5 Å². The number of methoxy groups -OCH3 is 3. The second-order valence-electron chi connectivity index (χ2n) is 13.6. The van der Waals surface area contributed by atoms with Crippen LogP contribution in [0.2, 0.25) is 0 Å². The number of fused-ring (bicyclic) bond motifs is 2. The third kappa shape index (κ3) is 11.2. The van der Waals surface area contributed by atoms with Crippen LogP contribution in [0.3, 0.4) is 0 Å². The maximum absolute atomic E-state index is 11.9. The molecule has 6 aromatic rings. The molecule has 2 aliphatic rings. The van der Waals surface area contributed by atoms with Gasteiger partial charge >= 0.3 is 41.5 Å². The summed E-state index contributed by atoms with van der Waals surface area (Å²) >= 11 is 0. The van der Waals surface area contributed by atoms with Gasteiger partial charge in [-0.25, -0.2) is 29.5 Å². The van der Waals surface area contributed by atoms with Gasteiger partial charge in [-0.1, -0.05) is 60.7 Å². The second-order valence-corrected chi connectivity index (χ2v) is 13.6. The number of nitrogens with zero attached hydrogens (tertiary/aromatic N) is 6. The number of aliphatic hydroxyl groups excluding tert-OH is 1. The van der Waals surface area contributed by atoms with E-state index in [1.807, 2.05) is 66.7 Å². The molecule has 15 nitrogen and oxygen atoms in total. The van der Waals surface area contributed by atoms with E-state index in [9.17, 15) is 14.7 Å². The zero-order valence-corrected chi connectivity index (χ0v) is 36.6. The van der Waals surface area contributed by atoms with Gasteiger partial charge in [0.1, 0.15) is 11.4 Å². The summed E-state index contributed by atoms with van der Waals surface area (Å²) in [5, 5.41) is 16.3. The van der Waals surface area contributed by atoms with Gasteiger partial charge in [0.05, 0.1) is 65.6 Å². The molecule has 2 atom stereocenters. The van der Waals surface area contributed by atoms with Crippen LogP contribution in [-0.4, -0.2) is 120 Å². The largest absolute Gasteiger partial charge is 1.00 e. The molecule has 2 aliphatic heterocycles. The van der Waals surface area contributed by atoms with E-state index < -0.39 is 5.97 Å². The molecule has 2 fully saturated rings. The van der Waals surface area contributed by atoms with Gasteiger partial charge < -0.3 is 45.2 Å². The molecular formula is C44H51N6NaO9. The van der Waals surface area contributed by atoms with Crippen LogP contribution in [0, 0.1) is 0 Å². The summed E-state index contributed by atoms with van der Waals surface area (Å²) in [6.45, 7) is 3.07. The smallest absolute Gasteiger partial charge is 0.870 e. The Kier molecular flexibility index (Phi) is 19.4. The number of aromatic carboxylic acids is 1. The fraction of sp³-hybridized carbons (Fsp3) is 0.318. The molecule has 0 radical (unpaired) electrons. The minimum atomic E-state index is -0.967. The number of hydrogen-bond donors (Lipinski definition) is 2. The Hall–Kier alpha value is -5.10. The number of carboxylic acid groups (broad SMARTS) is 1. The van der Waals surface area contributed by atoms with E-state index in [-0.39, 0.29) is 64.1 Å². The van der Waals surface area contributed by atoms with Crippen molar-refractivity contribution < 1.29 is 74.5 Å². The van der Waals surface area contributed by atoms with Gasteiger partial charge in [0.2, 0.25) is 0 Å². The van der Waals surface area contributed by atoms with Crippen LogP contribution >= 0.6 is 0 Å². The van der Waals surface area contributed by atoms with Crippen molar-refractivity contribution in [2.24, 2.45) is 0 Å². The molecule has 0 spiro atoms. The Morgan fingerprint density at radius 1 is 0.633 bits per heavy atom. The first-order valence-electron chi connectivity index (χ1n) is 18.9. The van der Waals surface area contributed by atoms with Crippen molar-refractivity contribution in [3.63, 3.8) is 0 Å². The topological polar surface area (TPSA) is 222 Å². The summed E-state index contributed by atoms with van der Waals surface area (Å²) in [6.07, 6.45) is 4.25. The Morgan fingerprint density at radius 2 is 1.05 bits per heavy atom. The summed E-state index contributed by atoms with van der Waals surface area (Å²) in [4.78, 5) is 47.3. The summed E-state index contributed by atoms with van der Waals surface area (Å²) in [6, 6.07) is 30.7. The zero-order valence-electron chi connectivity index (χ0n) is 34.6. The molecule has 0 bridgehead atoms. The van der Waals surface area contributed by atoms with Crippen molar-refractivity contribution in [2.45, 2.75) is 37.8 Å². The number of carboxylic acids is 1. The van der Waals surface area contributed by atoms with Crippen molar-refractivity contribution in [3.8, 4) is 22.5 Å². The molecule has 5 N–H and O–H groups in total. The van der Waals surface area contributed by atoms with Crippen LogP contribution in [0.4, 0.5) is 11.6 Å². The molecule has 0 unspecified atom stereocenters. The van der Waals surface area contributed by atoms with Crippen molar-refractivity contribution >= 4 is 45.6 Å². The number of hydrogen-bond acceptors (Lipinski definition) is 13. The predicted molar refractivity (Wildman–Crippen MR) is 226 cm³/mol. The first-order valence-corrected chi connectivity index (χ1v) is 18.9. The zero-order chi connectivity index (χ0) is 40.3. The summed E-state index contributed by atoms with van der Waals surface area (Å²) in [5.41, 5.74) is 7.06. The Labute approximate surface area is 371 Å². The number of aliphatic hydroxyl groups is 1. The standard InChI is InChI=1S/C22H23N3O3.C21H21N3O3.CH4O.Na.2H2O/c1-27-14-17-9-6-12-25(17)21-20(15-7-4-3-5-8-15)23-18-11-10-16(22(26)28-2)13-19(18)24-21;1-27-13-16-8-5-11-24(16)20-19(14-6-3-2-4-7-14)22-17-10-9-15(21(25)26)12-18(17)23-20;1-2;;;/h3-5,7-8,10-11,13,17H,6,9,12,14H2,1-2H3;2-4,6-7,9-10,12,16H,5,8,11,13H2,1H3,(H,25,26);2H,1H3;;2*1H2/q;;;+1;;/p-1/t17-;16-;;;;/m11..../s1. The third-order valence-corrected chi connectivity index (χ3v) is 10.1. The number of anilines is 2. The maximum Gasteiger partial charge on any atom is 1.00 e. The monoisotopic (exact) mass is 830 g/mol. The number of carbonyl (C=O) groups is 2. The minimum absolute atomic E-state index is 0. The number of carbonyl (C=O) groups excluding carboxylic acids is 1. The summed E-state index contributed by atoms with van der Waals surface area (Å²) in [7, 11) is 5.81. The van der Waals surface area contributed by atoms with E-state index in [2.05, 4.69) is 9.80 Å². The van der Waals surface area contributed by atoms with E-state index in [0.29, 0.717) is 35.3 Å². The number of benzene rings is 4. The third-order valence-electron chi connectivity index (χ3n) is 10.1. The molecule has 2 aromatic heterocycles. The molecule has 0 amide bonds. The van der Waals surface area contributed by atoms with Crippen molar-refractivity contribution in [1.82, 2.24) is 19.9 Å². The molecule has 0 saturated carbocycles. The van der Waals surface area contributed by atoms with Crippen LogP contribution in [0.1, 0.15) is 46.4 Å². The van der Waals surface area contributed by atoms with Gasteiger partial charge in [-0.3, -0.25) is 0 Å². The summed E-state index contributed by atoms with van der Waals surface area (Å²) < 4.78 is 15.7. The normalized spacial score (nSPS) is 15.3. The average molecular weight is 831 g/mol. The number of rotatable bonds is 10. The second kappa shape index (κ2) is 23.6. The van der Waals surface area contributed by atoms with Crippen molar-refractivity contribution in [3.05, 3.63) is 108 Å². The van der Waals surface area contributed by atoms with Crippen molar-refractivity contribution in [1.29, 1.82) is 0 Å². The van der Waals surface area contributed by atoms with Crippen LogP contribution < -0.4 is 39.4 Å². The molecule has 4 heterocycles. The van der Waals surface area contributed by atoms with Gasteiger partial charge in [-0.15, -0.1) is 0 Å². The van der Waals surface area contributed by atoms with Gasteiger partial charge in [-0.05, 0) is 62.1 Å². The van der Waals surface area contributed by atoms with Crippen molar-refractivity contribution in [2.75, 3.05) is 64.5 Å². The van der Waals surface area contributed by atoms with E-state index in [1.54, 1.807) is 44.6 Å². The number of esters is 1. The fourth-order valence-electron chi connectivity index (χ4n) is 7.41. The molecule has 16 heteroatoms. The number of aromatic nitrogens is 4. The summed E-state index contributed by atoms with van der Waals surface area (Å²) in [5.74, 6) is 0.276. The quantitative estimate of drug-likeness (QED) is 0.150. The van der Waals surface area contributed by atoms with Crippen LogP contribution in [0.5, 0.6) is 0 Å². The average Bonchev–Trinajstić information content (AvgIpc) is 3.93. The molecule has 0 aliphatic carbocycles. The first-order chi connectivity index (χ1) is 27.9. The molecule has 312 valence electrons. The van der Waals surface area contributed by atoms with Crippen LogP contribution in [-0.2, 0) is 14.2 Å². The maximum atomic E-state index is 11.9. The van der Waals surface area contributed by atoms with Gasteiger partial charge in [0.15, 0.2) is 11.6 Å². The fourth-order valence-corrected chi connectivity index (χ4v) is 7.41. The minimum Gasteiger partial charge on any atom is -0.870 e. The Morgan fingerprint density at radius 3 is 1.45 bits per heavy atom. The van der Waals surface area contributed by atoms with Crippen LogP contribution in [0.25, 0.3) is 44.6 Å². The molecular weight excluding hydrogens is 780 g/mol. The van der Waals surface area contributed by atoms with Gasteiger partial charge in [-0.2, -0.15) is 0 Å². The number of ether oxygens (including phenoxy) is 3. The van der Waals surface area contributed by atoms with Crippen LogP contribution in [0.15, 0.2) is 97.1 Å². The molecule has 60 heavy (non-hydrogen) atoms. The SMILES string of the molecule is CO.COC[C@H]1CCCN1c1nc2cc(C(=O)O)ccc2nc1-c1ccccc1.COC[C@H]1CCCN1c1nc2cc(C(=O)OC)ccc2nc1-c1ccccc1.O.[Na+].[OH-].